The van der Waals surface area contributed by atoms with E-state index in [0.29, 0.717) is 11.1 Å². The Morgan fingerprint density at radius 2 is 1.37 bits per heavy atom. The maximum absolute atomic E-state index is 11.6. The van der Waals surface area contributed by atoms with Crippen LogP contribution in [0.5, 0.6) is 0 Å². The number of halogens is 2. The highest BCUT2D eigenvalue weighted by molar-refractivity contribution is 9.12. The number of hydrogen-bond acceptors (Lipinski definition) is 6. The lowest BCUT2D eigenvalue weighted by Crippen LogP contribution is -2.17. The number of hydrogen-bond donors (Lipinski definition) is 2. The van der Waals surface area contributed by atoms with Crippen molar-refractivity contribution in [3.05, 3.63) is 105 Å². The molecule has 0 aromatic heterocycles. The van der Waals surface area contributed by atoms with Crippen molar-refractivity contribution >= 4 is 55.4 Å². The summed E-state index contributed by atoms with van der Waals surface area (Å²) in [5, 5.41) is 42.0. The fourth-order valence-corrected chi connectivity index (χ4v) is 4.27. The standard InChI is InChI=1S/C22H18Br2N2O4/c23-21(16-9-5-2-6-10-16)22(24)18-13-17(12-11-15-7-3-1-4-8-15)19(25(27)28)14-20(18)26(29)30/h1-14,21-22,29-30H/q-2/t21-,22-/m0/s1. The van der Waals surface area contributed by atoms with E-state index in [0.717, 1.165) is 17.2 Å². The first-order valence-corrected chi connectivity index (χ1v) is 10.8. The summed E-state index contributed by atoms with van der Waals surface area (Å²) in [5.41, 5.74) is 2.36. The summed E-state index contributed by atoms with van der Waals surface area (Å²) in [7, 11) is 0. The fourth-order valence-electron chi connectivity index (χ4n) is 3.01. The highest BCUT2D eigenvalue weighted by Gasteiger charge is 2.25. The van der Waals surface area contributed by atoms with Crippen molar-refractivity contribution < 1.29 is 10.4 Å². The van der Waals surface area contributed by atoms with Gasteiger partial charge in [-0.25, -0.2) is 0 Å². The van der Waals surface area contributed by atoms with Crippen molar-refractivity contribution in [3.63, 3.8) is 0 Å². The topological polar surface area (TPSA) is 93.1 Å². The molecule has 0 amide bonds. The molecule has 0 saturated carbocycles. The zero-order chi connectivity index (χ0) is 21.7. The van der Waals surface area contributed by atoms with Crippen LogP contribution in [-0.2, 0) is 0 Å². The third kappa shape index (κ3) is 5.28. The number of benzene rings is 3. The second-order valence-corrected chi connectivity index (χ2v) is 8.45. The molecule has 0 unspecified atom stereocenters. The Hall–Kier alpha value is -2.20. The molecule has 3 aromatic carbocycles. The highest BCUT2D eigenvalue weighted by Crippen LogP contribution is 2.47. The number of alkyl halides is 2. The van der Waals surface area contributed by atoms with E-state index in [4.69, 9.17) is 0 Å². The van der Waals surface area contributed by atoms with Gasteiger partial charge in [0.05, 0.1) is 9.65 Å². The molecule has 0 radical (unpaired) electrons. The van der Waals surface area contributed by atoms with Gasteiger partial charge in [0.15, 0.2) is 0 Å². The predicted molar refractivity (Wildman–Crippen MR) is 127 cm³/mol. The molecule has 0 aliphatic rings. The molecular formula is C22H18Br2N2O4-2. The lowest BCUT2D eigenvalue weighted by atomic mass is 9.98. The molecule has 156 valence electrons. The molecule has 2 N–H and O–H groups in total. The average molecular weight is 534 g/mol. The van der Waals surface area contributed by atoms with Gasteiger partial charge in [-0.1, -0.05) is 105 Å². The lowest BCUT2D eigenvalue weighted by molar-refractivity contribution is 0.0287. The Morgan fingerprint density at radius 3 is 1.93 bits per heavy atom. The maximum atomic E-state index is 11.6. The van der Waals surface area contributed by atoms with Gasteiger partial charge in [0.1, 0.15) is 5.69 Å². The van der Waals surface area contributed by atoms with Gasteiger partial charge < -0.3 is 15.6 Å². The van der Waals surface area contributed by atoms with E-state index in [1.165, 1.54) is 0 Å². The molecule has 8 heteroatoms. The first-order valence-electron chi connectivity index (χ1n) is 8.95. The predicted octanol–water partition coefficient (Wildman–Crippen LogP) is 6.82. The smallest absolute Gasteiger partial charge is 0.101 e. The maximum Gasteiger partial charge on any atom is 0.101 e. The van der Waals surface area contributed by atoms with E-state index in [1.54, 1.807) is 18.2 Å². The van der Waals surface area contributed by atoms with Crippen molar-refractivity contribution in [1.82, 2.24) is 0 Å². The van der Waals surface area contributed by atoms with E-state index in [2.05, 4.69) is 31.9 Å². The van der Waals surface area contributed by atoms with Crippen LogP contribution >= 0.6 is 31.9 Å². The van der Waals surface area contributed by atoms with Crippen molar-refractivity contribution in [2.24, 2.45) is 0 Å². The molecular weight excluding hydrogens is 516 g/mol. The van der Waals surface area contributed by atoms with Crippen LogP contribution in [-0.4, -0.2) is 10.4 Å². The van der Waals surface area contributed by atoms with E-state index in [9.17, 15) is 20.8 Å². The monoisotopic (exact) mass is 532 g/mol. The van der Waals surface area contributed by atoms with Crippen LogP contribution in [0.1, 0.15) is 31.9 Å². The van der Waals surface area contributed by atoms with Crippen molar-refractivity contribution in [3.8, 4) is 0 Å². The summed E-state index contributed by atoms with van der Waals surface area (Å²) < 4.78 is 0. The summed E-state index contributed by atoms with van der Waals surface area (Å²) in [5.74, 6) is 0. The Bertz CT molecular complexity index is 999. The van der Waals surface area contributed by atoms with Crippen LogP contribution in [0, 0.1) is 10.4 Å². The largest absolute Gasteiger partial charge is 0.769 e. The van der Waals surface area contributed by atoms with Gasteiger partial charge in [-0.15, -0.1) is 5.23 Å². The van der Waals surface area contributed by atoms with Crippen LogP contribution in [0.3, 0.4) is 0 Å². The average Bonchev–Trinajstić information content (AvgIpc) is 2.77. The second-order valence-electron chi connectivity index (χ2n) is 6.47. The van der Waals surface area contributed by atoms with E-state index >= 15 is 0 Å². The van der Waals surface area contributed by atoms with Crippen LogP contribution in [0.4, 0.5) is 11.4 Å². The third-order valence-electron chi connectivity index (χ3n) is 4.52. The Labute approximate surface area is 191 Å². The normalized spacial score (nSPS) is 13.3. The molecule has 6 nitrogen and oxygen atoms in total. The van der Waals surface area contributed by atoms with Crippen LogP contribution in [0.2, 0.25) is 0 Å². The van der Waals surface area contributed by atoms with Crippen LogP contribution in [0.25, 0.3) is 12.2 Å². The highest BCUT2D eigenvalue weighted by atomic mass is 79.9. The quantitative estimate of drug-likeness (QED) is 0.197. The summed E-state index contributed by atoms with van der Waals surface area (Å²) >= 11 is 7.25. The van der Waals surface area contributed by atoms with Gasteiger partial charge in [0, 0.05) is 5.69 Å². The minimum atomic E-state index is -0.548. The van der Waals surface area contributed by atoms with Crippen LogP contribution in [0.15, 0.2) is 72.8 Å². The first-order chi connectivity index (χ1) is 14.4. The number of nitrogens with zero attached hydrogens (tertiary/aromatic N) is 2. The van der Waals surface area contributed by atoms with Crippen molar-refractivity contribution in [2.45, 2.75) is 9.65 Å². The van der Waals surface area contributed by atoms with Crippen molar-refractivity contribution in [1.29, 1.82) is 0 Å². The molecule has 0 aliphatic carbocycles. The zero-order valence-electron chi connectivity index (χ0n) is 15.6. The Kier molecular flexibility index (Phi) is 7.65. The van der Waals surface area contributed by atoms with Gasteiger partial charge in [-0.05, 0) is 34.4 Å². The van der Waals surface area contributed by atoms with Gasteiger partial charge in [-0.3, -0.25) is 10.4 Å². The Balaban J connectivity index is 2.08. The second kappa shape index (κ2) is 10.2. The summed E-state index contributed by atoms with van der Waals surface area (Å²) in [6.07, 6.45) is 3.42. The van der Waals surface area contributed by atoms with Gasteiger partial charge >= 0.3 is 0 Å². The fraction of sp³-hybridized carbons (Fsp3) is 0.0909. The van der Waals surface area contributed by atoms with Gasteiger partial charge in [0.25, 0.3) is 0 Å². The van der Waals surface area contributed by atoms with E-state index in [1.807, 2.05) is 60.7 Å². The van der Waals surface area contributed by atoms with Gasteiger partial charge in [-0.2, -0.15) is 0 Å². The first kappa shape index (κ1) is 22.5. The third-order valence-corrected chi connectivity index (χ3v) is 7.30. The van der Waals surface area contributed by atoms with Crippen LogP contribution < -0.4 is 10.5 Å². The van der Waals surface area contributed by atoms with Crippen molar-refractivity contribution in [2.75, 3.05) is 10.5 Å². The molecule has 30 heavy (non-hydrogen) atoms. The molecule has 3 aromatic rings. The van der Waals surface area contributed by atoms with E-state index < -0.39 is 10.1 Å². The zero-order valence-corrected chi connectivity index (χ0v) is 18.8. The molecule has 0 spiro atoms. The number of anilines is 2. The summed E-state index contributed by atoms with van der Waals surface area (Å²) in [6.45, 7) is 0. The van der Waals surface area contributed by atoms with Gasteiger partial charge in [0.2, 0.25) is 0 Å². The Morgan fingerprint density at radius 1 is 0.767 bits per heavy atom. The molecule has 0 bridgehead atoms. The lowest BCUT2D eigenvalue weighted by Gasteiger charge is -2.39. The molecule has 0 fully saturated rings. The summed E-state index contributed by atoms with van der Waals surface area (Å²) in [6, 6.07) is 21.7. The molecule has 2 atom stereocenters. The van der Waals surface area contributed by atoms with E-state index in [-0.39, 0.29) is 21.4 Å². The SMILES string of the molecule is [O-]N([O-])c1cc(N(O)O)c([C@H](Br)[C@@H](Br)c2ccccc2)cc1C=Cc1ccccc1. The minimum absolute atomic E-state index is 0.0826. The summed E-state index contributed by atoms with van der Waals surface area (Å²) in [4.78, 5) is -0.619. The molecule has 0 heterocycles. The number of rotatable bonds is 7. The molecule has 3 rings (SSSR count). The minimum Gasteiger partial charge on any atom is -0.769 e. The molecule has 0 saturated heterocycles. The molecule has 0 aliphatic heterocycles.